The number of pyridine rings is 4. The number of carboxylic acids is 6. The Labute approximate surface area is 302 Å². The molecule has 0 spiro atoms. The van der Waals surface area contributed by atoms with Crippen molar-refractivity contribution in [3.8, 4) is 0 Å². The van der Waals surface area contributed by atoms with Crippen molar-refractivity contribution in [3.05, 3.63) is 130 Å². The quantitative estimate of drug-likeness (QED) is 0.106. The van der Waals surface area contributed by atoms with Gasteiger partial charge >= 0.3 is 35.8 Å². The smallest absolute Gasteiger partial charge is 0.337 e. The molecule has 16 nitrogen and oxygen atoms in total. The van der Waals surface area contributed by atoms with Crippen molar-refractivity contribution in [2.24, 2.45) is 0 Å². The van der Waals surface area contributed by atoms with Gasteiger partial charge in [-0.25, -0.2) is 28.8 Å². The molecule has 0 aliphatic carbocycles. The maximum absolute atomic E-state index is 11.2. The average Bonchev–Trinajstić information content (AvgIpc) is 3.12. The van der Waals surface area contributed by atoms with Crippen LogP contribution >= 0.6 is 0 Å². The van der Waals surface area contributed by atoms with Crippen LogP contribution in [0.15, 0.2) is 85.2 Å². The van der Waals surface area contributed by atoms with Crippen LogP contribution in [-0.2, 0) is 0 Å². The predicted octanol–water partition coefficient (Wildman–Crippen LogP) is 6.06. The standard InChI is InChI=1S/C16H12N2O4.2C11H7NO4/c1-7-11(15(19)20)4-9-3-10-5-12(16(21)22)8(2)18-14(10)6-13(9)17-7;13-10(14)7-2-1-6-3-8(11(15)16)5-12-9(6)4-7;13-10(14)7-3-4-8-6(2-1-5-12-8)9(7)11(15)16/h3-6H,1-2H3,(H,19,20)(H,21,22);2*1-5H,(H,13,14)(H,15,16). The Morgan fingerprint density at radius 3 is 1.56 bits per heavy atom. The third kappa shape index (κ3) is 7.87. The van der Waals surface area contributed by atoms with Crippen molar-refractivity contribution in [2.75, 3.05) is 0 Å². The maximum atomic E-state index is 11.2. The molecule has 0 aliphatic heterocycles. The Morgan fingerprint density at radius 2 is 1.04 bits per heavy atom. The number of aromatic carboxylic acids is 6. The molecule has 3 aromatic carbocycles. The number of aryl methyl sites for hydroxylation is 2. The zero-order valence-corrected chi connectivity index (χ0v) is 28.0. The number of carbonyl (C=O) groups is 6. The Morgan fingerprint density at radius 1 is 0.463 bits per heavy atom. The molecule has 6 N–H and O–H groups in total. The fourth-order valence-corrected chi connectivity index (χ4v) is 5.40. The van der Waals surface area contributed by atoms with E-state index in [9.17, 15) is 28.8 Å². The molecule has 4 aromatic heterocycles. The van der Waals surface area contributed by atoms with Gasteiger partial charge < -0.3 is 30.6 Å². The van der Waals surface area contributed by atoms with Gasteiger partial charge in [0.15, 0.2) is 0 Å². The van der Waals surface area contributed by atoms with Crippen LogP contribution in [0.25, 0.3) is 43.6 Å². The number of carboxylic acid groups (broad SMARTS) is 6. The van der Waals surface area contributed by atoms with Gasteiger partial charge in [0.05, 0.1) is 66.8 Å². The first kappa shape index (κ1) is 37.4. The second-order valence-corrected chi connectivity index (χ2v) is 11.5. The van der Waals surface area contributed by atoms with Gasteiger partial charge in [0.25, 0.3) is 0 Å². The van der Waals surface area contributed by atoms with Crippen LogP contribution in [0.4, 0.5) is 0 Å². The van der Waals surface area contributed by atoms with E-state index in [0.29, 0.717) is 55.0 Å². The number of rotatable bonds is 6. The summed E-state index contributed by atoms with van der Waals surface area (Å²) in [6, 6.07) is 18.2. The number of hydrogen-bond acceptors (Lipinski definition) is 10. The molecule has 0 atom stereocenters. The van der Waals surface area contributed by atoms with Crippen LogP contribution in [0.3, 0.4) is 0 Å². The molecule has 7 rings (SSSR count). The third-order valence-corrected chi connectivity index (χ3v) is 8.00. The first-order valence-corrected chi connectivity index (χ1v) is 15.5. The molecular weight excluding hydrogens is 704 g/mol. The molecule has 4 heterocycles. The molecule has 0 radical (unpaired) electrons. The zero-order valence-electron chi connectivity index (χ0n) is 28.0. The molecule has 0 saturated carbocycles. The molecule has 16 heteroatoms. The number of fused-ring (bicyclic) bond motifs is 4. The van der Waals surface area contributed by atoms with E-state index >= 15 is 0 Å². The minimum absolute atomic E-state index is 0.0792. The SMILES string of the molecule is Cc1nc2cc3nc(C)c(C(=O)O)cc3cc2cc1C(=O)O.O=C(O)c1ccc2ncccc2c1C(=O)O.O=C(O)c1cnc2cc(C(=O)O)ccc2c1. The highest BCUT2D eigenvalue weighted by molar-refractivity contribution is 6.11. The summed E-state index contributed by atoms with van der Waals surface area (Å²) in [4.78, 5) is 82.2. The molecule has 0 bridgehead atoms. The van der Waals surface area contributed by atoms with Gasteiger partial charge in [0.2, 0.25) is 0 Å². The van der Waals surface area contributed by atoms with Crippen molar-refractivity contribution in [1.82, 2.24) is 19.9 Å². The summed E-state index contributed by atoms with van der Waals surface area (Å²) in [6.07, 6.45) is 2.73. The Bertz CT molecular complexity index is 2600. The van der Waals surface area contributed by atoms with Crippen LogP contribution < -0.4 is 0 Å². The summed E-state index contributed by atoms with van der Waals surface area (Å²) in [5.41, 5.74) is 3.06. The highest BCUT2D eigenvalue weighted by Crippen LogP contribution is 2.25. The lowest BCUT2D eigenvalue weighted by atomic mass is 10.0. The van der Waals surface area contributed by atoms with E-state index in [1.54, 1.807) is 44.2 Å². The predicted molar refractivity (Wildman–Crippen MR) is 192 cm³/mol. The molecule has 270 valence electrons. The summed E-state index contributed by atoms with van der Waals surface area (Å²) in [7, 11) is 0. The van der Waals surface area contributed by atoms with Gasteiger partial charge in [-0.05, 0) is 74.5 Å². The average molecular weight is 731 g/mol. The van der Waals surface area contributed by atoms with Crippen molar-refractivity contribution < 1.29 is 59.4 Å². The summed E-state index contributed by atoms with van der Waals surface area (Å²) in [5, 5.41) is 56.0. The van der Waals surface area contributed by atoms with Crippen LogP contribution in [0, 0.1) is 13.8 Å². The number of hydrogen-bond donors (Lipinski definition) is 6. The number of aromatic nitrogens is 4. The van der Waals surface area contributed by atoms with Crippen LogP contribution in [0.1, 0.15) is 73.5 Å². The number of nitrogens with zero attached hydrogens (tertiary/aromatic N) is 4. The first-order valence-electron chi connectivity index (χ1n) is 15.5. The van der Waals surface area contributed by atoms with Gasteiger partial charge in [-0.1, -0.05) is 12.1 Å². The van der Waals surface area contributed by atoms with E-state index in [-0.39, 0.29) is 33.4 Å². The highest BCUT2D eigenvalue weighted by atomic mass is 16.4. The van der Waals surface area contributed by atoms with Gasteiger partial charge in [-0.2, -0.15) is 0 Å². The Kier molecular flexibility index (Phi) is 10.5. The summed E-state index contributed by atoms with van der Waals surface area (Å²) in [6.45, 7) is 3.28. The van der Waals surface area contributed by atoms with E-state index in [4.69, 9.17) is 30.6 Å². The van der Waals surface area contributed by atoms with Gasteiger partial charge in [-0.3, -0.25) is 19.9 Å². The number of benzene rings is 3. The van der Waals surface area contributed by atoms with E-state index in [2.05, 4.69) is 19.9 Å². The molecule has 7 aromatic rings. The molecule has 0 fully saturated rings. The molecule has 54 heavy (non-hydrogen) atoms. The molecule has 0 unspecified atom stereocenters. The third-order valence-electron chi connectivity index (χ3n) is 8.00. The highest BCUT2D eigenvalue weighted by Gasteiger charge is 2.19. The zero-order chi connectivity index (χ0) is 39.4. The second kappa shape index (κ2) is 15.2. The molecule has 0 saturated heterocycles. The topological polar surface area (TPSA) is 275 Å². The second-order valence-electron chi connectivity index (χ2n) is 11.5. The monoisotopic (exact) mass is 730 g/mol. The minimum Gasteiger partial charge on any atom is -0.478 e. The summed E-state index contributed by atoms with van der Waals surface area (Å²) < 4.78 is 0. The molecule has 0 amide bonds. The van der Waals surface area contributed by atoms with Crippen molar-refractivity contribution >= 4 is 79.4 Å². The summed E-state index contributed by atoms with van der Waals surface area (Å²) in [5.74, 6) is -6.71. The Balaban J connectivity index is 0.000000159. The van der Waals surface area contributed by atoms with E-state index in [0.717, 1.165) is 0 Å². The van der Waals surface area contributed by atoms with Gasteiger partial charge in [0, 0.05) is 33.9 Å². The Hall–Kier alpha value is -7.88. The van der Waals surface area contributed by atoms with Gasteiger partial charge in [-0.15, -0.1) is 0 Å². The van der Waals surface area contributed by atoms with E-state index in [1.165, 1.54) is 54.9 Å². The van der Waals surface area contributed by atoms with Gasteiger partial charge in [0.1, 0.15) is 0 Å². The van der Waals surface area contributed by atoms with E-state index < -0.39 is 35.8 Å². The maximum Gasteiger partial charge on any atom is 0.337 e. The largest absolute Gasteiger partial charge is 0.478 e. The molecular formula is C38H26N4O12. The first-order chi connectivity index (χ1) is 25.5. The lowest BCUT2D eigenvalue weighted by Crippen LogP contribution is -2.08. The van der Waals surface area contributed by atoms with E-state index in [1.807, 2.05) is 0 Å². The van der Waals surface area contributed by atoms with Crippen molar-refractivity contribution in [3.63, 3.8) is 0 Å². The van der Waals surface area contributed by atoms with Crippen molar-refractivity contribution in [1.29, 1.82) is 0 Å². The molecule has 0 aliphatic rings. The normalized spacial score (nSPS) is 10.6. The lowest BCUT2D eigenvalue weighted by Gasteiger charge is -2.07. The summed E-state index contributed by atoms with van der Waals surface area (Å²) >= 11 is 0. The fourth-order valence-electron chi connectivity index (χ4n) is 5.40. The fraction of sp³-hybridized carbons (Fsp3) is 0.0526. The lowest BCUT2D eigenvalue weighted by molar-refractivity contribution is 0.0653. The van der Waals surface area contributed by atoms with Crippen LogP contribution in [-0.4, -0.2) is 86.4 Å². The minimum atomic E-state index is -1.27. The van der Waals surface area contributed by atoms with Crippen molar-refractivity contribution in [2.45, 2.75) is 13.8 Å². The van der Waals surface area contributed by atoms with Crippen LogP contribution in [0.5, 0.6) is 0 Å². The van der Waals surface area contributed by atoms with Crippen LogP contribution in [0.2, 0.25) is 0 Å².